The standard InChI is InChI=1S/C14H17N5OS/c1-10(9-19-7-4-6-15-19)16-11(2)14-17-13(18-20-14)12-5-3-8-21-12/h3-8,10-11,16H,9H2,1-2H3/t10-,11+/m0/s1. The topological polar surface area (TPSA) is 68.8 Å². The van der Waals surface area contributed by atoms with Crippen LogP contribution in [0.5, 0.6) is 0 Å². The van der Waals surface area contributed by atoms with E-state index in [-0.39, 0.29) is 12.1 Å². The summed E-state index contributed by atoms with van der Waals surface area (Å²) in [5.74, 6) is 1.25. The van der Waals surface area contributed by atoms with Crippen molar-refractivity contribution in [2.75, 3.05) is 0 Å². The third-order valence-corrected chi connectivity index (χ3v) is 3.97. The minimum Gasteiger partial charge on any atom is -0.337 e. The first-order chi connectivity index (χ1) is 10.2. The van der Waals surface area contributed by atoms with Gasteiger partial charge in [0.15, 0.2) is 0 Å². The Balaban J connectivity index is 1.61. The first-order valence-corrected chi connectivity index (χ1v) is 7.71. The van der Waals surface area contributed by atoms with Crippen LogP contribution in [0.25, 0.3) is 10.7 Å². The monoisotopic (exact) mass is 303 g/mol. The highest BCUT2D eigenvalue weighted by atomic mass is 32.1. The molecule has 0 aliphatic rings. The summed E-state index contributed by atoms with van der Waals surface area (Å²) in [6.45, 7) is 4.92. The summed E-state index contributed by atoms with van der Waals surface area (Å²) < 4.78 is 7.25. The largest absolute Gasteiger partial charge is 0.337 e. The van der Waals surface area contributed by atoms with Crippen molar-refractivity contribution in [2.45, 2.75) is 32.5 Å². The maximum Gasteiger partial charge on any atom is 0.243 e. The Kier molecular flexibility index (Phi) is 4.12. The summed E-state index contributed by atoms with van der Waals surface area (Å²) in [5, 5.41) is 13.7. The van der Waals surface area contributed by atoms with Gasteiger partial charge in [-0.1, -0.05) is 11.2 Å². The summed E-state index contributed by atoms with van der Waals surface area (Å²) in [5.41, 5.74) is 0. The van der Waals surface area contributed by atoms with Crippen LogP contribution in [-0.4, -0.2) is 26.0 Å². The van der Waals surface area contributed by atoms with Crippen LogP contribution in [0.15, 0.2) is 40.5 Å². The van der Waals surface area contributed by atoms with E-state index in [1.165, 1.54) is 0 Å². The Labute approximate surface area is 126 Å². The van der Waals surface area contributed by atoms with Crippen LogP contribution in [0.3, 0.4) is 0 Å². The van der Waals surface area contributed by atoms with Gasteiger partial charge >= 0.3 is 0 Å². The van der Waals surface area contributed by atoms with Crippen LogP contribution >= 0.6 is 11.3 Å². The molecule has 2 atom stereocenters. The van der Waals surface area contributed by atoms with Crippen molar-refractivity contribution in [1.82, 2.24) is 25.2 Å². The third-order valence-electron chi connectivity index (χ3n) is 3.11. The van der Waals surface area contributed by atoms with Crippen LogP contribution in [0, 0.1) is 0 Å². The van der Waals surface area contributed by atoms with E-state index in [2.05, 4.69) is 27.5 Å². The zero-order valence-corrected chi connectivity index (χ0v) is 12.7. The predicted molar refractivity (Wildman–Crippen MR) is 80.9 cm³/mol. The van der Waals surface area contributed by atoms with E-state index in [9.17, 15) is 0 Å². The van der Waals surface area contributed by atoms with Gasteiger partial charge in [0.2, 0.25) is 11.7 Å². The fourth-order valence-corrected chi connectivity index (χ4v) is 2.81. The lowest BCUT2D eigenvalue weighted by Crippen LogP contribution is -2.33. The molecule has 0 saturated carbocycles. The van der Waals surface area contributed by atoms with Gasteiger partial charge in [0.05, 0.1) is 17.5 Å². The molecule has 110 valence electrons. The average Bonchev–Trinajstić information content (AvgIpc) is 3.20. The highest BCUT2D eigenvalue weighted by Gasteiger charge is 2.17. The van der Waals surface area contributed by atoms with Crippen molar-refractivity contribution < 1.29 is 4.52 Å². The van der Waals surface area contributed by atoms with Crippen molar-refractivity contribution in [3.63, 3.8) is 0 Å². The van der Waals surface area contributed by atoms with E-state index in [4.69, 9.17) is 4.52 Å². The van der Waals surface area contributed by atoms with Crippen molar-refractivity contribution in [3.05, 3.63) is 41.9 Å². The molecule has 6 nitrogen and oxygen atoms in total. The van der Waals surface area contributed by atoms with Gasteiger partial charge in [0, 0.05) is 18.4 Å². The zero-order chi connectivity index (χ0) is 14.7. The molecule has 0 spiro atoms. The fraction of sp³-hybridized carbons (Fsp3) is 0.357. The van der Waals surface area contributed by atoms with Crippen molar-refractivity contribution in [2.24, 2.45) is 0 Å². The maximum absolute atomic E-state index is 5.35. The quantitative estimate of drug-likeness (QED) is 0.758. The van der Waals surface area contributed by atoms with E-state index in [0.717, 1.165) is 11.4 Å². The van der Waals surface area contributed by atoms with Crippen LogP contribution in [0.2, 0.25) is 0 Å². The normalized spacial score (nSPS) is 14.2. The van der Waals surface area contributed by atoms with E-state index >= 15 is 0 Å². The van der Waals surface area contributed by atoms with Gasteiger partial charge in [-0.15, -0.1) is 11.3 Å². The van der Waals surface area contributed by atoms with Crippen molar-refractivity contribution in [1.29, 1.82) is 0 Å². The molecule has 1 N–H and O–H groups in total. The van der Waals surface area contributed by atoms with E-state index in [1.807, 2.05) is 41.4 Å². The van der Waals surface area contributed by atoms with Crippen LogP contribution < -0.4 is 5.32 Å². The Morgan fingerprint density at radius 2 is 2.29 bits per heavy atom. The number of hydrogen-bond acceptors (Lipinski definition) is 6. The molecule has 0 amide bonds. The number of nitrogens with zero attached hydrogens (tertiary/aromatic N) is 4. The Morgan fingerprint density at radius 3 is 3.00 bits per heavy atom. The molecule has 0 saturated heterocycles. The van der Waals surface area contributed by atoms with Crippen LogP contribution in [0.1, 0.15) is 25.8 Å². The molecular weight excluding hydrogens is 286 g/mol. The molecule has 0 aromatic carbocycles. The van der Waals surface area contributed by atoms with Gasteiger partial charge < -0.3 is 9.84 Å². The molecule has 0 aliphatic heterocycles. The molecule has 0 radical (unpaired) electrons. The number of hydrogen-bond donors (Lipinski definition) is 1. The molecular formula is C14H17N5OS. The van der Waals surface area contributed by atoms with Crippen LogP contribution in [-0.2, 0) is 6.54 Å². The van der Waals surface area contributed by atoms with E-state index in [0.29, 0.717) is 11.7 Å². The van der Waals surface area contributed by atoms with Crippen LogP contribution in [0.4, 0.5) is 0 Å². The highest BCUT2D eigenvalue weighted by Crippen LogP contribution is 2.23. The minimum atomic E-state index is -0.00299. The van der Waals surface area contributed by atoms with Crippen molar-refractivity contribution >= 4 is 11.3 Å². The molecule has 0 unspecified atom stereocenters. The lowest BCUT2D eigenvalue weighted by Gasteiger charge is -2.17. The fourth-order valence-electron chi connectivity index (χ4n) is 2.16. The predicted octanol–water partition coefficient (Wildman–Crippen LogP) is 2.73. The summed E-state index contributed by atoms with van der Waals surface area (Å²) >= 11 is 1.60. The summed E-state index contributed by atoms with van der Waals surface area (Å²) in [6.07, 6.45) is 3.73. The van der Waals surface area contributed by atoms with Gasteiger partial charge in [0.1, 0.15) is 0 Å². The first-order valence-electron chi connectivity index (χ1n) is 6.83. The Bertz CT molecular complexity index is 661. The Morgan fingerprint density at radius 1 is 1.38 bits per heavy atom. The Hall–Kier alpha value is -1.99. The van der Waals surface area contributed by atoms with E-state index < -0.39 is 0 Å². The van der Waals surface area contributed by atoms with Gasteiger partial charge in [-0.3, -0.25) is 4.68 Å². The number of thiophene rings is 1. The second-order valence-corrected chi connectivity index (χ2v) is 5.90. The minimum absolute atomic E-state index is 0.00299. The lowest BCUT2D eigenvalue weighted by molar-refractivity contribution is 0.316. The summed E-state index contributed by atoms with van der Waals surface area (Å²) in [4.78, 5) is 5.47. The molecule has 3 heterocycles. The molecule has 3 aromatic rings. The second kappa shape index (κ2) is 6.19. The lowest BCUT2D eigenvalue weighted by atomic mass is 10.2. The SMILES string of the molecule is C[C@@H](Cn1cccn1)N[C@H](C)c1nc(-c2cccs2)no1. The second-order valence-electron chi connectivity index (χ2n) is 4.95. The first kappa shape index (κ1) is 14.0. The van der Waals surface area contributed by atoms with Gasteiger partial charge in [-0.2, -0.15) is 10.1 Å². The van der Waals surface area contributed by atoms with Crippen molar-refractivity contribution in [3.8, 4) is 10.7 Å². The smallest absolute Gasteiger partial charge is 0.243 e. The molecule has 3 rings (SSSR count). The molecule has 0 aliphatic carbocycles. The van der Waals surface area contributed by atoms with Gasteiger partial charge in [-0.05, 0) is 31.4 Å². The average molecular weight is 303 g/mol. The molecule has 0 fully saturated rings. The molecule has 7 heteroatoms. The molecule has 21 heavy (non-hydrogen) atoms. The third kappa shape index (κ3) is 3.37. The molecule has 0 bridgehead atoms. The maximum atomic E-state index is 5.35. The number of aromatic nitrogens is 4. The molecule has 3 aromatic heterocycles. The van der Waals surface area contributed by atoms with Gasteiger partial charge in [0.25, 0.3) is 0 Å². The summed E-state index contributed by atoms with van der Waals surface area (Å²) in [6, 6.07) is 6.12. The zero-order valence-electron chi connectivity index (χ0n) is 11.9. The number of rotatable bonds is 6. The van der Waals surface area contributed by atoms with E-state index in [1.54, 1.807) is 17.5 Å². The highest BCUT2D eigenvalue weighted by molar-refractivity contribution is 7.13. The summed E-state index contributed by atoms with van der Waals surface area (Å²) in [7, 11) is 0. The number of nitrogens with one attached hydrogen (secondary N) is 1. The van der Waals surface area contributed by atoms with Gasteiger partial charge in [-0.25, -0.2) is 0 Å².